The van der Waals surface area contributed by atoms with Gasteiger partial charge in [0.05, 0.1) is 0 Å². The van der Waals surface area contributed by atoms with Crippen LogP contribution in [0.1, 0.15) is 25.8 Å². The molecule has 0 fully saturated rings. The minimum atomic E-state index is 0.669. The third-order valence-electron chi connectivity index (χ3n) is 3.09. The van der Waals surface area contributed by atoms with Crippen molar-refractivity contribution >= 4 is 15.9 Å². The summed E-state index contributed by atoms with van der Waals surface area (Å²) in [5.41, 5.74) is 1.45. The smallest absolute Gasteiger partial charge is 0.0159 e. The van der Waals surface area contributed by atoms with Crippen molar-refractivity contribution < 1.29 is 0 Å². The number of rotatable bonds is 7. The molecule has 1 aromatic rings. The van der Waals surface area contributed by atoms with Gasteiger partial charge in [-0.1, -0.05) is 53.2 Å². The number of aryl methyl sites for hydroxylation is 1. The summed E-state index contributed by atoms with van der Waals surface area (Å²) in [6, 6.07) is 11.4. The van der Waals surface area contributed by atoms with Crippen molar-refractivity contribution in [1.29, 1.82) is 0 Å². The van der Waals surface area contributed by atoms with E-state index in [1.807, 2.05) is 0 Å². The van der Waals surface area contributed by atoms with Gasteiger partial charge in [0.15, 0.2) is 0 Å². The standard InChI is InChI=1S/C14H22BrN/c1-3-16(12-11-15)13(2)9-10-14-7-5-4-6-8-14/h4-8,13H,3,9-12H2,1-2H3/t13-/m1/s1. The molecule has 1 atom stereocenters. The largest absolute Gasteiger partial charge is 0.300 e. The fourth-order valence-corrected chi connectivity index (χ4v) is 2.46. The summed E-state index contributed by atoms with van der Waals surface area (Å²) in [6.45, 7) is 6.85. The highest BCUT2D eigenvalue weighted by atomic mass is 79.9. The average Bonchev–Trinajstić information content (AvgIpc) is 2.34. The van der Waals surface area contributed by atoms with Gasteiger partial charge >= 0.3 is 0 Å². The Morgan fingerprint density at radius 1 is 1.25 bits per heavy atom. The lowest BCUT2D eigenvalue weighted by molar-refractivity contribution is 0.224. The van der Waals surface area contributed by atoms with Crippen molar-refractivity contribution in [3.8, 4) is 0 Å². The highest BCUT2D eigenvalue weighted by molar-refractivity contribution is 9.09. The van der Waals surface area contributed by atoms with E-state index in [0.717, 1.165) is 18.4 Å². The summed E-state index contributed by atoms with van der Waals surface area (Å²) >= 11 is 3.51. The van der Waals surface area contributed by atoms with Gasteiger partial charge in [-0.25, -0.2) is 0 Å². The predicted molar refractivity (Wildman–Crippen MR) is 75.3 cm³/mol. The first kappa shape index (κ1) is 13.7. The highest BCUT2D eigenvalue weighted by Gasteiger charge is 2.10. The average molecular weight is 284 g/mol. The first-order chi connectivity index (χ1) is 7.77. The van der Waals surface area contributed by atoms with Crippen LogP contribution in [0.3, 0.4) is 0 Å². The topological polar surface area (TPSA) is 3.24 Å². The maximum atomic E-state index is 3.51. The molecule has 0 saturated carbocycles. The number of nitrogens with zero attached hydrogens (tertiary/aromatic N) is 1. The van der Waals surface area contributed by atoms with Crippen molar-refractivity contribution in [2.45, 2.75) is 32.7 Å². The molecule has 0 bridgehead atoms. The van der Waals surface area contributed by atoms with Gasteiger partial charge in [0.1, 0.15) is 0 Å². The zero-order chi connectivity index (χ0) is 11.8. The minimum absolute atomic E-state index is 0.669. The summed E-state index contributed by atoms with van der Waals surface area (Å²) in [7, 11) is 0. The quantitative estimate of drug-likeness (QED) is 0.690. The number of benzene rings is 1. The van der Waals surface area contributed by atoms with E-state index in [-0.39, 0.29) is 0 Å². The van der Waals surface area contributed by atoms with E-state index in [1.165, 1.54) is 18.4 Å². The Labute approximate surface area is 108 Å². The molecule has 0 radical (unpaired) electrons. The van der Waals surface area contributed by atoms with Crippen molar-refractivity contribution in [2.24, 2.45) is 0 Å². The third kappa shape index (κ3) is 4.67. The van der Waals surface area contributed by atoms with Gasteiger partial charge in [0.25, 0.3) is 0 Å². The lowest BCUT2D eigenvalue weighted by Gasteiger charge is -2.27. The zero-order valence-electron chi connectivity index (χ0n) is 10.3. The molecule has 0 saturated heterocycles. The molecule has 1 rings (SSSR count). The number of hydrogen-bond donors (Lipinski definition) is 0. The molecule has 0 aromatic heterocycles. The second-order valence-electron chi connectivity index (χ2n) is 4.19. The van der Waals surface area contributed by atoms with E-state index in [9.17, 15) is 0 Å². The Morgan fingerprint density at radius 2 is 1.94 bits per heavy atom. The van der Waals surface area contributed by atoms with Crippen LogP contribution in [-0.2, 0) is 6.42 Å². The van der Waals surface area contributed by atoms with Gasteiger partial charge in [-0.05, 0) is 31.9 Å². The lowest BCUT2D eigenvalue weighted by Crippen LogP contribution is -2.34. The minimum Gasteiger partial charge on any atom is -0.300 e. The predicted octanol–water partition coefficient (Wildman–Crippen LogP) is 3.72. The van der Waals surface area contributed by atoms with Crippen molar-refractivity contribution in [3.63, 3.8) is 0 Å². The van der Waals surface area contributed by atoms with E-state index in [4.69, 9.17) is 0 Å². The van der Waals surface area contributed by atoms with Gasteiger partial charge in [0, 0.05) is 17.9 Å². The molecule has 0 N–H and O–H groups in total. The van der Waals surface area contributed by atoms with Crippen LogP contribution >= 0.6 is 15.9 Å². The highest BCUT2D eigenvalue weighted by Crippen LogP contribution is 2.09. The molecule has 16 heavy (non-hydrogen) atoms. The van der Waals surface area contributed by atoms with Gasteiger partial charge in [0.2, 0.25) is 0 Å². The van der Waals surface area contributed by atoms with E-state index in [2.05, 4.69) is 65.0 Å². The summed E-state index contributed by atoms with van der Waals surface area (Å²) in [4.78, 5) is 2.53. The Bertz CT molecular complexity index is 273. The van der Waals surface area contributed by atoms with Crippen molar-refractivity contribution in [3.05, 3.63) is 35.9 Å². The van der Waals surface area contributed by atoms with Gasteiger partial charge in [-0.15, -0.1) is 0 Å². The monoisotopic (exact) mass is 283 g/mol. The molecule has 90 valence electrons. The fourth-order valence-electron chi connectivity index (χ4n) is 2.00. The molecule has 0 aliphatic rings. The molecule has 0 unspecified atom stereocenters. The van der Waals surface area contributed by atoms with Crippen molar-refractivity contribution in [1.82, 2.24) is 4.90 Å². The van der Waals surface area contributed by atoms with E-state index >= 15 is 0 Å². The lowest BCUT2D eigenvalue weighted by atomic mass is 10.1. The van der Waals surface area contributed by atoms with Crippen LogP contribution in [0.2, 0.25) is 0 Å². The maximum Gasteiger partial charge on any atom is 0.0159 e. The Hall–Kier alpha value is -0.340. The summed E-state index contributed by atoms with van der Waals surface area (Å²) in [5, 5.41) is 1.07. The summed E-state index contributed by atoms with van der Waals surface area (Å²) < 4.78 is 0. The van der Waals surface area contributed by atoms with Gasteiger partial charge in [-0.3, -0.25) is 0 Å². The fraction of sp³-hybridized carbons (Fsp3) is 0.571. The Morgan fingerprint density at radius 3 is 2.50 bits per heavy atom. The molecule has 2 heteroatoms. The van der Waals surface area contributed by atoms with Crippen molar-refractivity contribution in [2.75, 3.05) is 18.4 Å². The molecule has 0 aliphatic heterocycles. The molecular weight excluding hydrogens is 262 g/mol. The van der Waals surface area contributed by atoms with Crippen LogP contribution in [0.15, 0.2) is 30.3 Å². The van der Waals surface area contributed by atoms with Crippen LogP contribution in [0, 0.1) is 0 Å². The van der Waals surface area contributed by atoms with E-state index in [1.54, 1.807) is 0 Å². The number of hydrogen-bond acceptors (Lipinski definition) is 1. The second kappa shape index (κ2) is 7.86. The van der Waals surface area contributed by atoms with Crippen LogP contribution in [0.4, 0.5) is 0 Å². The first-order valence-electron chi connectivity index (χ1n) is 6.11. The maximum absolute atomic E-state index is 3.51. The van der Waals surface area contributed by atoms with Crippen LogP contribution in [-0.4, -0.2) is 29.4 Å². The first-order valence-corrected chi connectivity index (χ1v) is 7.24. The molecule has 1 aromatic carbocycles. The van der Waals surface area contributed by atoms with Gasteiger partial charge in [-0.2, -0.15) is 0 Å². The van der Waals surface area contributed by atoms with Gasteiger partial charge < -0.3 is 4.90 Å². The zero-order valence-corrected chi connectivity index (χ0v) is 11.9. The Kier molecular flexibility index (Phi) is 6.74. The third-order valence-corrected chi connectivity index (χ3v) is 3.45. The van der Waals surface area contributed by atoms with Crippen LogP contribution < -0.4 is 0 Å². The number of alkyl halides is 1. The van der Waals surface area contributed by atoms with Crippen LogP contribution in [0.25, 0.3) is 0 Å². The SMILES string of the molecule is CCN(CCBr)[C@H](C)CCc1ccccc1. The van der Waals surface area contributed by atoms with E-state index in [0.29, 0.717) is 6.04 Å². The molecule has 0 spiro atoms. The molecule has 0 amide bonds. The molecule has 1 nitrogen and oxygen atoms in total. The van der Waals surface area contributed by atoms with E-state index < -0.39 is 0 Å². The molecule has 0 heterocycles. The summed E-state index contributed by atoms with van der Waals surface area (Å²) in [5.74, 6) is 0. The normalized spacial score (nSPS) is 13.0. The molecule has 0 aliphatic carbocycles. The number of halogens is 1. The molecular formula is C14H22BrN. The Balaban J connectivity index is 2.36. The van der Waals surface area contributed by atoms with Crippen LogP contribution in [0.5, 0.6) is 0 Å². The summed E-state index contributed by atoms with van der Waals surface area (Å²) in [6.07, 6.45) is 2.42. The second-order valence-corrected chi connectivity index (χ2v) is 4.98.